The van der Waals surface area contributed by atoms with Gasteiger partial charge in [-0.1, -0.05) is 20.8 Å². The molecule has 1 rings (SSSR count). The van der Waals surface area contributed by atoms with Gasteiger partial charge in [-0.15, -0.1) is 0 Å². The largest absolute Gasteiger partial charge is 0.356 e. The van der Waals surface area contributed by atoms with Crippen molar-refractivity contribution >= 4 is 5.91 Å². The van der Waals surface area contributed by atoms with Gasteiger partial charge in [0.1, 0.15) is 0 Å². The molecule has 0 aromatic rings. The zero-order valence-electron chi connectivity index (χ0n) is 10.2. The van der Waals surface area contributed by atoms with E-state index in [0.29, 0.717) is 6.54 Å². The van der Waals surface area contributed by atoms with Crippen LogP contribution >= 0.6 is 0 Å². The van der Waals surface area contributed by atoms with Gasteiger partial charge in [0, 0.05) is 13.1 Å². The van der Waals surface area contributed by atoms with Gasteiger partial charge in [-0.25, -0.2) is 0 Å². The van der Waals surface area contributed by atoms with Crippen molar-refractivity contribution in [2.24, 2.45) is 23.0 Å². The van der Waals surface area contributed by atoms with Crippen LogP contribution in [-0.4, -0.2) is 19.0 Å². The molecule has 0 aliphatic heterocycles. The molecule has 0 bridgehead atoms. The molecule has 1 aliphatic rings. The lowest BCUT2D eigenvalue weighted by Gasteiger charge is -2.24. The number of amides is 1. The summed E-state index contributed by atoms with van der Waals surface area (Å²) in [5.74, 6) is 0.852. The number of nitrogens with one attached hydrogen (secondary N) is 1. The maximum absolute atomic E-state index is 11.8. The summed E-state index contributed by atoms with van der Waals surface area (Å²) in [7, 11) is 0. The van der Waals surface area contributed by atoms with Crippen LogP contribution < -0.4 is 11.1 Å². The van der Waals surface area contributed by atoms with Crippen molar-refractivity contribution in [3.63, 3.8) is 0 Å². The van der Waals surface area contributed by atoms with E-state index in [1.54, 1.807) is 0 Å². The predicted molar refractivity (Wildman–Crippen MR) is 62.4 cm³/mol. The van der Waals surface area contributed by atoms with Crippen molar-refractivity contribution < 1.29 is 4.79 Å². The Hall–Kier alpha value is -0.570. The Kier molecular flexibility index (Phi) is 4.14. The molecule has 1 amide bonds. The molecule has 3 heteroatoms. The minimum absolute atomic E-state index is 0.0243. The van der Waals surface area contributed by atoms with E-state index in [1.165, 1.54) is 12.8 Å². The first-order chi connectivity index (χ1) is 6.92. The van der Waals surface area contributed by atoms with Gasteiger partial charge in [-0.3, -0.25) is 4.79 Å². The zero-order valence-corrected chi connectivity index (χ0v) is 10.2. The molecule has 3 N–H and O–H groups in total. The minimum atomic E-state index is -0.0243. The maximum Gasteiger partial charge on any atom is 0.224 e. The molecule has 0 spiro atoms. The molecule has 0 heterocycles. The van der Waals surface area contributed by atoms with E-state index >= 15 is 0 Å². The fraction of sp³-hybridized carbons (Fsp3) is 0.917. The summed E-state index contributed by atoms with van der Waals surface area (Å²) >= 11 is 0. The minimum Gasteiger partial charge on any atom is -0.356 e. The molecule has 3 nitrogen and oxygen atoms in total. The number of carbonyl (C=O) groups excluding carboxylic acids is 1. The average molecular weight is 212 g/mol. The van der Waals surface area contributed by atoms with Gasteiger partial charge in [-0.05, 0) is 30.6 Å². The topological polar surface area (TPSA) is 55.1 Å². The SMILES string of the molecule is CC(C)(C)CC(CN)C(=O)NCC1CC1. The van der Waals surface area contributed by atoms with Crippen LogP contribution in [0.5, 0.6) is 0 Å². The Labute approximate surface area is 92.8 Å². The van der Waals surface area contributed by atoms with Crippen LogP contribution in [0.25, 0.3) is 0 Å². The molecule has 0 aromatic heterocycles. The highest BCUT2D eigenvalue weighted by Crippen LogP contribution is 2.28. The molecule has 1 saturated carbocycles. The van der Waals surface area contributed by atoms with Crippen molar-refractivity contribution in [3.05, 3.63) is 0 Å². The van der Waals surface area contributed by atoms with E-state index in [2.05, 4.69) is 26.1 Å². The third-order valence-electron chi connectivity index (χ3n) is 2.78. The van der Waals surface area contributed by atoms with Crippen LogP contribution in [-0.2, 0) is 4.79 Å². The summed E-state index contributed by atoms with van der Waals surface area (Å²) in [5.41, 5.74) is 5.81. The van der Waals surface area contributed by atoms with Crippen LogP contribution in [0.15, 0.2) is 0 Å². The fourth-order valence-electron chi connectivity index (χ4n) is 1.73. The van der Waals surface area contributed by atoms with Crippen LogP contribution in [0.1, 0.15) is 40.0 Å². The first-order valence-electron chi connectivity index (χ1n) is 5.90. The first kappa shape index (κ1) is 12.5. The maximum atomic E-state index is 11.8. The third kappa shape index (κ3) is 5.17. The lowest BCUT2D eigenvalue weighted by atomic mass is 9.84. The summed E-state index contributed by atoms with van der Waals surface area (Å²) in [6, 6.07) is 0. The number of carbonyl (C=O) groups is 1. The standard InChI is InChI=1S/C12H24N2O/c1-12(2,3)6-10(7-13)11(15)14-8-9-4-5-9/h9-10H,4-8,13H2,1-3H3,(H,14,15). The van der Waals surface area contributed by atoms with Gasteiger partial charge in [0.15, 0.2) is 0 Å². The first-order valence-corrected chi connectivity index (χ1v) is 5.90. The van der Waals surface area contributed by atoms with Crippen molar-refractivity contribution in [3.8, 4) is 0 Å². The van der Waals surface area contributed by atoms with Crippen LogP contribution in [0.2, 0.25) is 0 Å². The third-order valence-corrected chi connectivity index (χ3v) is 2.78. The molecule has 1 aliphatic carbocycles. The molecule has 88 valence electrons. The van der Waals surface area contributed by atoms with Gasteiger partial charge >= 0.3 is 0 Å². The number of nitrogens with two attached hydrogens (primary N) is 1. The Bertz CT molecular complexity index is 216. The lowest BCUT2D eigenvalue weighted by molar-refractivity contribution is -0.125. The second-order valence-corrected chi connectivity index (χ2v) is 5.89. The number of rotatable bonds is 5. The zero-order chi connectivity index (χ0) is 11.5. The monoisotopic (exact) mass is 212 g/mol. The average Bonchev–Trinajstić information content (AvgIpc) is 2.92. The van der Waals surface area contributed by atoms with Gasteiger partial charge in [0.25, 0.3) is 0 Å². The highest BCUT2D eigenvalue weighted by atomic mass is 16.1. The van der Waals surface area contributed by atoms with Crippen LogP contribution in [0.4, 0.5) is 0 Å². The fourth-order valence-corrected chi connectivity index (χ4v) is 1.73. The Balaban J connectivity index is 2.31. The number of hydrogen-bond acceptors (Lipinski definition) is 2. The normalized spacial score (nSPS) is 18.7. The Morgan fingerprint density at radius 2 is 2.07 bits per heavy atom. The predicted octanol–water partition coefficient (Wildman–Crippen LogP) is 1.52. The van der Waals surface area contributed by atoms with Gasteiger partial charge < -0.3 is 11.1 Å². The molecule has 1 unspecified atom stereocenters. The van der Waals surface area contributed by atoms with E-state index in [-0.39, 0.29) is 17.2 Å². The molecule has 0 aromatic carbocycles. The van der Waals surface area contributed by atoms with Crippen molar-refractivity contribution in [1.29, 1.82) is 0 Å². The smallest absolute Gasteiger partial charge is 0.224 e. The lowest BCUT2D eigenvalue weighted by Crippen LogP contribution is -2.38. The van der Waals surface area contributed by atoms with Gasteiger partial charge in [-0.2, -0.15) is 0 Å². The van der Waals surface area contributed by atoms with Crippen LogP contribution in [0.3, 0.4) is 0 Å². The molecule has 1 atom stereocenters. The molecule has 1 fully saturated rings. The molecular weight excluding hydrogens is 188 g/mol. The summed E-state index contributed by atoms with van der Waals surface area (Å²) in [4.78, 5) is 11.8. The van der Waals surface area contributed by atoms with E-state index in [9.17, 15) is 4.79 Å². The second kappa shape index (κ2) is 4.97. The highest BCUT2D eigenvalue weighted by molar-refractivity contribution is 5.78. The highest BCUT2D eigenvalue weighted by Gasteiger charge is 2.26. The Morgan fingerprint density at radius 1 is 1.47 bits per heavy atom. The quantitative estimate of drug-likeness (QED) is 0.726. The van der Waals surface area contributed by atoms with E-state index in [0.717, 1.165) is 18.9 Å². The summed E-state index contributed by atoms with van der Waals surface area (Å²) in [6.45, 7) is 7.73. The molecular formula is C12H24N2O. The van der Waals surface area contributed by atoms with Crippen molar-refractivity contribution in [2.45, 2.75) is 40.0 Å². The van der Waals surface area contributed by atoms with E-state index in [4.69, 9.17) is 5.73 Å². The summed E-state index contributed by atoms with van der Waals surface area (Å²) in [6.07, 6.45) is 3.40. The number of hydrogen-bond donors (Lipinski definition) is 2. The van der Waals surface area contributed by atoms with Gasteiger partial charge in [0.05, 0.1) is 5.92 Å². The van der Waals surface area contributed by atoms with Gasteiger partial charge in [0.2, 0.25) is 5.91 Å². The molecule has 0 saturated heterocycles. The van der Waals surface area contributed by atoms with Crippen molar-refractivity contribution in [1.82, 2.24) is 5.32 Å². The Morgan fingerprint density at radius 3 is 2.47 bits per heavy atom. The molecule has 15 heavy (non-hydrogen) atoms. The molecule has 0 radical (unpaired) electrons. The van der Waals surface area contributed by atoms with E-state index < -0.39 is 0 Å². The van der Waals surface area contributed by atoms with Crippen LogP contribution in [0, 0.1) is 17.3 Å². The second-order valence-electron chi connectivity index (χ2n) is 5.89. The summed E-state index contributed by atoms with van der Waals surface area (Å²) in [5, 5.41) is 3.00. The summed E-state index contributed by atoms with van der Waals surface area (Å²) < 4.78 is 0. The van der Waals surface area contributed by atoms with E-state index in [1.807, 2.05) is 0 Å². The van der Waals surface area contributed by atoms with Crippen molar-refractivity contribution in [2.75, 3.05) is 13.1 Å².